The normalized spacial score (nSPS) is 26.9. The van der Waals surface area contributed by atoms with Crippen LogP contribution in [-0.4, -0.2) is 64.7 Å². The molecule has 2 fully saturated rings. The molecule has 2 aliphatic heterocycles. The average Bonchev–Trinajstić information content (AvgIpc) is 3.34. The number of nitrogens with zero attached hydrogens (tertiary/aromatic N) is 3. The summed E-state index contributed by atoms with van der Waals surface area (Å²) in [6.45, 7) is 1.06. The molecule has 2 aromatic rings. The quantitative estimate of drug-likeness (QED) is 0.856. The Morgan fingerprint density at radius 1 is 1.29 bits per heavy atom. The summed E-state index contributed by atoms with van der Waals surface area (Å²) < 4.78 is 6.00. The molecule has 146 valence electrons. The molecule has 0 unspecified atom stereocenters. The maximum absolute atomic E-state index is 13.2. The van der Waals surface area contributed by atoms with E-state index in [9.17, 15) is 9.59 Å². The standard InChI is InChI=1S/C21H24N4O3/c1-24-18(26)13-28-17-12-25(11-10-21(17,24)14-6-3-2-4-7-14)20(27)19-15-8-5-9-16(15)22-23-19/h2-4,6-7,17H,5,8-13H2,1H3,(H,22,23)/t17-,21+/m1/s1. The topological polar surface area (TPSA) is 78.5 Å². The van der Waals surface area contributed by atoms with Crippen molar-refractivity contribution in [2.45, 2.75) is 37.3 Å². The van der Waals surface area contributed by atoms with Crippen LogP contribution in [0.1, 0.15) is 40.2 Å². The highest BCUT2D eigenvalue weighted by Crippen LogP contribution is 2.42. The van der Waals surface area contributed by atoms with Crippen LogP contribution in [0.4, 0.5) is 0 Å². The Bertz CT molecular complexity index is 925. The van der Waals surface area contributed by atoms with Gasteiger partial charge in [0.15, 0.2) is 5.69 Å². The van der Waals surface area contributed by atoms with E-state index in [1.54, 1.807) is 0 Å². The van der Waals surface area contributed by atoms with Gasteiger partial charge in [0.1, 0.15) is 12.7 Å². The first-order chi connectivity index (χ1) is 13.6. The Morgan fingerprint density at radius 2 is 2.11 bits per heavy atom. The number of aromatic amines is 1. The lowest BCUT2D eigenvalue weighted by Gasteiger charge is -2.54. The van der Waals surface area contributed by atoms with Gasteiger partial charge >= 0.3 is 0 Å². The predicted octanol–water partition coefficient (Wildman–Crippen LogP) is 1.50. The molecule has 0 bridgehead atoms. The minimum absolute atomic E-state index is 0.0231. The summed E-state index contributed by atoms with van der Waals surface area (Å²) in [5.41, 5.74) is 3.24. The lowest BCUT2D eigenvalue weighted by molar-refractivity contribution is -0.180. The highest BCUT2D eigenvalue weighted by molar-refractivity contribution is 5.94. The molecule has 3 heterocycles. The van der Waals surface area contributed by atoms with Crippen molar-refractivity contribution in [2.75, 3.05) is 26.7 Å². The van der Waals surface area contributed by atoms with E-state index in [1.807, 2.05) is 47.2 Å². The second-order valence-corrected chi connectivity index (χ2v) is 7.93. The fourth-order valence-corrected chi connectivity index (χ4v) is 5.06. The molecule has 1 aromatic carbocycles. The van der Waals surface area contributed by atoms with E-state index in [-0.39, 0.29) is 24.5 Å². The van der Waals surface area contributed by atoms with Gasteiger partial charge in [-0.2, -0.15) is 5.10 Å². The zero-order chi connectivity index (χ0) is 19.3. The molecule has 2 amide bonds. The summed E-state index contributed by atoms with van der Waals surface area (Å²) in [5, 5.41) is 7.32. The van der Waals surface area contributed by atoms with Gasteiger partial charge in [-0.3, -0.25) is 14.7 Å². The summed E-state index contributed by atoms with van der Waals surface area (Å²) in [5.74, 6) is -0.0609. The molecule has 5 rings (SSSR count). The minimum Gasteiger partial charge on any atom is -0.364 e. The Kier molecular flexibility index (Phi) is 4.01. The largest absolute Gasteiger partial charge is 0.364 e. The number of nitrogens with one attached hydrogen (secondary N) is 1. The second-order valence-electron chi connectivity index (χ2n) is 7.93. The van der Waals surface area contributed by atoms with E-state index < -0.39 is 5.54 Å². The molecule has 0 spiro atoms. The number of aryl methyl sites for hydroxylation is 1. The van der Waals surface area contributed by atoms with Gasteiger partial charge in [-0.15, -0.1) is 0 Å². The molecule has 0 radical (unpaired) electrons. The molecule has 1 aliphatic carbocycles. The highest BCUT2D eigenvalue weighted by Gasteiger charge is 2.53. The Labute approximate surface area is 163 Å². The van der Waals surface area contributed by atoms with Crippen molar-refractivity contribution >= 4 is 11.8 Å². The lowest BCUT2D eigenvalue weighted by Crippen LogP contribution is -2.67. The van der Waals surface area contributed by atoms with Gasteiger partial charge in [-0.1, -0.05) is 30.3 Å². The SMILES string of the molecule is CN1C(=O)CO[C@@H]2CN(C(=O)c3n[nH]c4c3CCC4)CC[C@]21c1ccccc1. The first kappa shape index (κ1) is 17.4. The van der Waals surface area contributed by atoms with Gasteiger partial charge in [0.2, 0.25) is 5.91 Å². The number of fused-ring (bicyclic) bond motifs is 2. The number of piperidine rings is 1. The number of hydrogen-bond donors (Lipinski definition) is 1. The summed E-state index contributed by atoms with van der Waals surface area (Å²) in [7, 11) is 1.85. The summed E-state index contributed by atoms with van der Waals surface area (Å²) in [6, 6.07) is 10.0. The van der Waals surface area contributed by atoms with E-state index in [4.69, 9.17) is 4.74 Å². The third-order valence-electron chi connectivity index (χ3n) is 6.63. The fourth-order valence-electron chi connectivity index (χ4n) is 5.06. The number of likely N-dealkylation sites (N-methyl/N-ethyl adjacent to an activating group) is 1. The number of amides is 2. The van der Waals surface area contributed by atoms with Crippen LogP contribution in [0, 0.1) is 0 Å². The molecular formula is C21H24N4O3. The number of carbonyl (C=O) groups is 2. The maximum Gasteiger partial charge on any atom is 0.274 e. The van der Waals surface area contributed by atoms with Gasteiger partial charge in [-0.25, -0.2) is 0 Å². The third kappa shape index (κ3) is 2.42. The highest BCUT2D eigenvalue weighted by atomic mass is 16.5. The molecule has 28 heavy (non-hydrogen) atoms. The van der Waals surface area contributed by atoms with Crippen LogP contribution in [0.3, 0.4) is 0 Å². The van der Waals surface area contributed by atoms with E-state index in [1.165, 1.54) is 0 Å². The van der Waals surface area contributed by atoms with Crippen molar-refractivity contribution in [3.05, 3.63) is 52.8 Å². The maximum atomic E-state index is 13.2. The van der Waals surface area contributed by atoms with Crippen LogP contribution in [0.25, 0.3) is 0 Å². The number of rotatable bonds is 2. The van der Waals surface area contributed by atoms with Gasteiger partial charge in [0.25, 0.3) is 5.91 Å². The molecule has 1 N–H and O–H groups in total. The van der Waals surface area contributed by atoms with Crippen molar-refractivity contribution < 1.29 is 14.3 Å². The van der Waals surface area contributed by atoms with Crippen LogP contribution >= 0.6 is 0 Å². The average molecular weight is 380 g/mol. The van der Waals surface area contributed by atoms with Crippen LogP contribution in [0.5, 0.6) is 0 Å². The number of morpholine rings is 1. The molecule has 7 heteroatoms. The van der Waals surface area contributed by atoms with Gasteiger partial charge < -0.3 is 14.5 Å². The van der Waals surface area contributed by atoms with Gasteiger partial charge in [0, 0.05) is 31.4 Å². The van der Waals surface area contributed by atoms with Crippen LogP contribution in [-0.2, 0) is 27.9 Å². The summed E-state index contributed by atoms with van der Waals surface area (Å²) in [6.07, 6.45) is 3.32. The zero-order valence-electron chi connectivity index (χ0n) is 16.0. The number of hydrogen-bond acceptors (Lipinski definition) is 4. The van der Waals surface area contributed by atoms with Crippen molar-refractivity contribution in [2.24, 2.45) is 0 Å². The third-order valence-corrected chi connectivity index (χ3v) is 6.63. The van der Waals surface area contributed by atoms with Gasteiger partial charge in [-0.05, 0) is 31.2 Å². The summed E-state index contributed by atoms with van der Waals surface area (Å²) >= 11 is 0. The first-order valence-corrected chi connectivity index (χ1v) is 9.90. The smallest absolute Gasteiger partial charge is 0.274 e. The predicted molar refractivity (Wildman–Crippen MR) is 102 cm³/mol. The lowest BCUT2D eigenvalue weighted by atomic mass is 9.76. The van der Waals surface area contributed by atoms with Crippen molar-refractivity contribution in [3.63, 3.8) is 0 Å². The van der Waals surface area contributed by atoms with Crippen molar-refractivity contribution in [1.29, 1.82) is 0 Å². The molecule has 2 saturated heterocycles. The first-order valence-electron chi connectivity index (χ1n) is 9.90. The Balaban J connectivity index is 1.46. The molecular weight excluding hydrogens is 356 g/mol. The summed E-state index contributed by atoms with van der Waals surface area (Å²) in [4.78, 5) is 29.3. The monoisotopic (exact) mass is 380 g/mol. The molecule has 0 saturated carbocycles. The number of H-pyrrole nitrogens is 1. The van der Waals surface area contributed by atoms with E-state index >= 15 is 0 Å². The van der Waals surface area contributed by atoms with E-state index in [0.29, 0.717) is 25.2 Å². The minimum atomic E-state index is -0.541. The van der Waals surface area contributed by atoms with Crippen LogP contribution in [0.2, 0.25) is 0 Å². The number of benzene rings is 1. The van der Waals surface area contributed by atoms with Gasteiger partial charge in [0.05, 0.1) is 5.54 Å². The second kappa shape index (κ2) is 6.44. The van der Waals surface area contributed by atoms with Crippen molar-refractivity contribution in [3.8, 4) is 0 Å². The zero-order valence-corrected chi connectivity index (χ0v) is 16.0. The Hall–Kier alpha value is -2.67. The molecule has 2 atom stereocenters. The van der Waals surface area contributed by atoms with Crippen LogP contribution in [0.15, 0.2) is 30.3 Å². The fraction of sp³-hybridized carbons (Fsp3) is 0.476. The van der Waals surface area contributed by atoms with Crippen LogP contribution < -0.4 is 0 Å². The van der Waals surface area contributed by atoms with Crippen molar-refractivity contribution in [1.82, 2.24) is 20.0 Å². The molecule has 7 nitrogen and oxygen atoms in total. The number of likely N-dealkylation sites (tertiary alicyclic amines) is 1. The molecule has 3 aliphatic rings. The number of ether oxygens (including phenoxy) is 1. The Morgan fingerprint density at radius 3 is 2.93 bits per heavy atom. The van der Waals surface area contributed by atoms with E-state index in [2.05, 4.69) is 10.2 Å². The molecule has 1 aromatic heterocycles. The van der Waals surface area contributed by atoms with E-state index in [0.717, 1.165) is 36.1 Å². The number of aromatic nitrogens is 2. The number of carbonyl (C=O) groups excluding carboxylic acids is 2.